The maximum atomic E-state index is 11.8. The molecular formula is C12H8N2O6. The van der Waals surface area contributed by atoms with Gasteiger partial charge >= 0.3 is 5.97 Å². The normalized spacial score (nSPS) is 10.0. The Morgan fingerprint density at radius 1 is 1.30 bits per heavy atom. The number of nitro benzene ring substituents is 1. The van der Waals surface area contributed by atoms with Gasteiger partial charge in [0.1, 0.15) is 6.26 Å². The van der Waals surface area contributed by atoms with Gasteiger partial charge in [0.2, 0.25) is 0 Å². The minimum atomic E-state index is -1.22. The van der Waals surface area contributed by atoms with Crippen molar-refractivity contribution in [2.24, 2.45) is 0 Å². The van der Waals surface area contributed by atoms with Gasteiger partial charge in [0.25, 0.3) is 11.6 Å². The summed E-state index contributed by atoms with van der Waals surface area (Å²) in [6.45, 7) is 0. The smallest absolute Gasteiger partial charge is 0.338 e. The molecule has 2 N–H and O–H groups in total. The number of nitrogens with zero attached hydrogens (tertiary/aromatic N) is 1. The van der Waals surface area contributed by atoms with Crippen molar-refractivity contribution < 1.29 is 24.0 Å². The van der Waals surface area contributed by atoms with Crippen LogP contribution in [-0.2, 0) is 0 Å². The van der Waals surface area contributed by atoms with Crippen LogP contribution in [0, 0.1) is 10.1 Å². The highest BCUT2D eigenvalue weighted by molar-refractivity contribution is 6.03. The minimum absolute atomic E-state index is 0.158. The molecule has 2 rings (SSSR count). The molecule has 0 radical (unpaired) electrons. The van der Waals surface area contributed by atoms with E-state index in [2.05, 4.69) is 5.32 Å². The van der Waals surface area contributed by atoms with Crippen LogP contribution in [0.15, 0.2) is 41.0 Å². The molecule has 0 bridgehead atoms. The van der Waals surface area contributed by atoms with Crippen LogP contribution in [0.3, 0.4) is 0 Å². The number of carboxylic acids is 1. The maximum absolute atomic E-state index is 11.8. The number of nitrogens with one attached hydrogen (secondary N) is 1. The second-order valence-electron chi connectivity index (χ2n) is 3.77. The van der Waals surface area contributed by atoms with Crippen molar-refractivity contribution in [3.63, 3.8) is 0 Å². The first kappa shape index (κ1) is 13.3. The number of furan rings is 1. The second-order valence-corrected chi connectivity index (χ2v) is 3.77. The van der Waals surface area contributed by atoms with Gasteiger partial charge in [-0.25, -0.2) is 4.79 Å². The minimum Gasteiger partial charge on any atom is -0.478 e. The first-order chi connectivity index (χ1) is 9.47. The first-order valence-corrected chi connectivity index (χ1v) is 5.35. The molecule has 0 spiro atoms. The van der Waals surface area contributed by atoms with Gasteiger partial charge in [-0.05, 0) is 6.07 Å². The van der Waals surface area contributed by atoms with Gasteiger partial charge in [-0.1, -0.05) is 6.07 Å². The fourth-order valence-electron chi connectivity index (χ4n) is 1.46. The predicted octanol–water partition coefficient (Wildman–Crippen LogP) is 2.14. The lowest BCUT2D eigenvalue weighted by atomic mass is 10.2. The van der Waals surface area contributed by atoms with E-state index < -0.39 is 16.8 Å². The highest BCUT2D eigenvalue weighted by Gasteiger charge is 2.15. The molecule has 0 aliphatic carbocycles. The van der Waals surface area contributed by atoms with E-state index in [-0.39, 0.29) is 22.7 Å². The van der Waals surface area contributed by atoms with Crippen LogP contribution >= 0.6 is 0 Å². The van der Waals surface area contributed by atoms with Gasteiger partial charge < -0.3 is 14.8 Å². The number of benzene rings is 1. The third-order valence-electron chi connectivity index (χ3n) is 2.39. The average Bonchev–Trinajstić information content (AvgIpc) is 2.88. The van der Waals surface area contributed by atoms with Gasteiger partial charge in [0.05, 0.1) is 10.5 Å². The molecule has 1 heterocycles. The zero-order valence-electron chi connectivity index (χ0n) is 9.90. The van der Waals surface area contributed by atoms with Crippen LogP contribution < -0.4 is 5.32 Å². The summed E-state index contributed by atoms with van der Waals surface area (Å²) in [7, 11) is 0. The zero-order chi connectivity index (χ0) is 14.7. The van der Waals surface area contributed by atoms with Crippen LogP contribution in [0.2, 0.25) is 0 Å². The standard InChI is InChI=1S/C12H8N2O6/c15-11(10-4-7(6-20-10)12(16)17)13-8-2-1-3-9(5-8)14(18)19/h1-6H,(H,13,15)(H,16,17). The van der Waals surface area contributed by atoms with E-state index in [9.17, 15) is 19.7 Å². The molecule has 0 aliphatic rings. The summed E-state index contributed by atoms with van der Waals surface area (Å²) < 4.78 is 4.81. The van der Waals surface area contributed by atoms with Crippen LogP contribution in [0.5, 0.6) is 0 Å². The van der Waals surface area contributed by atoms with Gasteiger partial charge in [-0.3, -0.25) is 14.9 Å². The van der Waals surface area contributed by atoms with Crippen LogP contribution in [0.4, 0.5) is 11.4 Å². The molecule has 1 aromatic carbocycles. The van der Waals surface area contributed by atoms with Crippen LogP contribution in [0.1, 0.15) is 20.9 Å². The number of rotatable bonds is 4. The summed E-state index contributed by atoms with van der Waals surface area (Å²) in [6, 6.07) is 6.41. The third-order valence-corrected chi connectivity index (χ3v) is 2.39. The lowest BCUT2D eigenvalue weighted by Gasteiger charge is -2.02. The molecule has 0 fully saturated rings. The van der Waals surface area contributed by atoms with Crippen molar-refractivity contribution >= 4 is 23.3 Å². The SMILES string of the molecule is O=C(O)c1coc(C(=O)Nc2cccc([N+](=O)[O-])c2)c1. The van der Waals surface area contributed by atoms with Crippen molar-refractivity contribution in [3.8, 4) is 0 Å². The van der Waals surface area contributed by atoms with Crippen LogP contribution in [-0.4, -0.2) is 21.9 Å². The van der Waals surface area contributed by atoms with Crippen LogP contribution in [0.25, 0.3) is 0 Å². The van der Waals surface area contributed by atoms with Crippen molar-refractivity contribution in [1.82, 2.24) is 0 Å². The van der Waals surface area contributed by atoms with Gasteiger partial charge in [-0.2, -0.15) is 0 Å². The predicted molar refractivity (Wildman–Crippen MR) is 66.7 cm³/mol. The average molecular weight is 276 g/mol. The number of aromatic carboxylic acids is 1. The number of carbonyl (C=O) groups excluding carboxylic acids is 1. The Balaban J connectivity index is 2.16. The van der Waals surface area contributed by atoms with Crippen molar-refractivity contribution in [2.45, 2.75) is 0 Å². The highest BCUT2D eigenvalue weighted by atomic mass is 16.6. The summed E-state index contributed by atoms with van der Waals surface area (Å²) >= 11 is 0. The highest BCUT2D eigenvalue weighted by Crippen LogP contribution is 2.18. The molecule has 0 aliphatic heterocycles. The van der Waals surface area contributed by atoms with Crippen molar-refractivity contribution in [2.75, 3.05) is 5.32 Å². The molecule has 0 unspecified atom stereocenters. The fourth-order valence-corrected chi connectivity index (χ4v) is 1.46. The molecular weight excluding hydrogens is 268 g/mol. The van der Waals surface area contributed by atoms with E-state index in [4.69, 9.17) is 9.52 Å². The number of non-ortho nitro benzene ring substituents is 1. The molecule has 1 amide bonds. The number of anilines is 1. The van der Waals surface area contributed by atoms with E-state index in [0.29, 0.717) is 0 Å². The monoisotopic (exact) mass is 276 g/mol. The Morgan fingerprint density at radius 3 is 2.65 bits per heavy atom. The summed E-state index contributed by atoms with van der Waals surface area (Å²) in [5, 5.41) is 21.7. The Kier molecular flexibility index (Phi) is 3.47. The number of carboxylic acid groups (broad SMARTS) is 1. The molecule has 2 aromatic rings. The molecule has 0 atom stereocenters. The number of hydrogen-bond donors (Lipinski definition) is 2. The Labute approximate surface area is 111 Å². The van der Waals surface area contributed by atoms with E-state index in [1.165, 1.54) is 24.3 Å². The summed E-state index contributed by atoms with van der Waals surface area (Å²) in [5.74, 6) is -2.12. The summed E-state index contributed by atoms with van der Waals surface area (Å²) in [6.07, 6.45) is 0.935. The number of hydrogen-bond acceptors (Lipinski definition) is 5. The summed E-state index contributed by atoms with van der Waals surface area (Å²) in [5.41, 5.74) is -0.125. The fraction of sp³-hybridized carbons (Fsp3) is 0. The topological polar surface area (TPSA) is 123 Å². The van der Waals surface area contributed by atoms with Crippen molar-refractivity contribution in [1.29, 1.82) is 0 Å². The lowest BCUT2D eigenvalue weighted by molar-refractivity contribution is -0.384. The molecule has 8 nitrogen and oxygen atoms in total. The van der Waals surface area contributed by atoms with Gasteiger partial charge in [-0.15, -0.1) is 0 Å². The zero-order valence-corrected chi connectivity index (χ0v) is 9.90. The quantitative estimate of drug-likeness (QED) is 0.651. The largest absolute Gasteiger partial charge is 0.478 e. The molecule has 0 saturated heterocycles. The molecule has 1 aromatic heterocycles. The summed E-state index contributed by atoms with van der Waals surface area (Å²) in [4.78, 5) is 32.4. The van der Waals surface area contributed by atoms with E-state index >= 15 is 0 Å². The van der Waals surface area contributed by atoms with E-state index in [1.54, 1.807) is 0 Å². The van der Waals surface area contributed by atoms with Gasteiger partial charge in [0, 0.05) is 23.9 Å². The Morgan fingerprint density at radius 2 is 2.05 bits per heavy atom. The molecule has 8 heteroatoms. The Bertz CT molecular complexity index is 691. The van der Waals surface area contributed by atoms with E-state index in [0.717, 1.165) is 12.3 Å². The maximum Gasteiger partial charge on any atom is 0.338 e. The lowest BCUT2D eigenvalue weighted by Crippen LogP contribution is -2.11. The third kappa shape index (κ3) is 2.80. The molecule has 20 heavy (non-hydrogen) atoms. The molecule has 0 saturated carbocycles. The molecule has 102 valence electrons. The number of amides is 1. The van der Waals surface area contributed by atoms with Crippen molar-refractivity contribution in [3.05, 3.63) is 58.0 Å². The second kappa shape index (κ2) is 5.22. The number of nitro groups is 1. The van der Waals surface area contributed by atoms with E-state index in [1.807, 2.05) is 0 Å². The Hall–Kier alpha value is -3.16. The first-order valence-electron chi connectivity index (χ1n) is 5.35. The number of carbonyl (C=O) groups is 2. The van der Waals surface area contributed by atoms with Gasteiger partial charge in [0.15, 0.2) is 5.76 Å².